The molecule has 1 aliphatic heterocycles. The van der Waals surface area contributed by atoms with Crippen molar-refractivity contribution in [3.63, 3.8) is 0 Å². The molecule has 0 atom stereocenters. The first-order valence-electron chi connectivity index (χ1n) is 8.28. The van der Waals surface area contributed by atoms with Crippen LogP contribution in [0.3, 0.4) is 0 Å². The number of nitrogens with two attached hydrogens (primary N) is 1. The average Bonchev–Trinajstić information content (AvgIpc) is 3.01. The maximum absolute atomic E-state index is 6.01. The highest BCUT2D eigenvalue weighted by molar-refractivity contribution is 5.60. The number of piperazine rings is 1. The van der Waals surface area contributed by atoms with Gasteiger partial charge in [0.25, 0.3) is 0 Å². The van der Waals surface area contributed by atoms with Gasteiger partial charge >= 0.3 is 0 Å². The van der Waals surface area contributed by atoms with Gasteiger partial charge in [-0.1, -0.05) is 12.8 Å². The first-order valence-corrected chi connectivity index (χ1v) is 8.28. The highest BCUT2D eigenvalue weighted by Gasteiger charge is 2.26. The van der Waals surface area contributed by atoms with Crippen molar-refractivity contribution >= 4 is 11.4 Å². The fourth-order valence-corrected chi connectivity index (χ4v) is 3.65. The molecule has 0 spiro atoms. The molecule has 21 heavy (non-hydrogen) atoms. The van der Waals surface area contributed by atoms with Gasteiger partial charge in [-0.2, -0.15) is 0 Å². The molecule has 0 amide bonds. The molecule has 1 aromatic carbocycles. The number of nitrogen functional groups attached to an aromatic ring is 1. The molecular formula is C17H27N3O. The summed E-state index contributed by atoms with van der Waals surface area (Å²) in [5.41, 5.74) is 7.99. The van der Waals surface area contributed by atoms with Crippen LogP contribution >= 0.6 is 0 Å². The molecule has 4 heteroatoms. The second kappa shape index (κ2) is 6.56. The van der Waals surface area contributed by atoms with Crippen LogP contribution in [0.2, 0.25) is 0 Å². The molecule has 3 rings (SSSR count). The Morgan fingerprint density at radius 2 is 1.81 bits per heavy atom. The summed E-state index contributed by atoms with van der Waals surface area (Å²) in [6.07, 6.45) is 5.62. The zero-order valence-electron chi connectivity index (χ0n) is 13.1. The Kier molecular flexibility index (Phi) is 4.54. The minimum absolute atomic E-state index is 0.679. The summed E-state index contributed by atoms with van der Waals surface area (Å²) in [5, 5.41) is 0. The maximum Gasteiger partial charge on any atom is 0.123 e. The van der Waals surface area contributed by atoms with Crippen LogP contribution in [0.1, 0.15) is 32.6 Å². The molecule has 1 aliphatic carbocycles. The lowest BCUT2D eigenvalue weighted by Crippen LogP contribution is -2.49. The van der Waals surface area contributed by atoms with E-state index in [9.17, 15) is 0 Å². The topological polar surface area (TPSA) is 41.7 Å². The molecule has 0 bridgehead atoms. The summed E-state index contributed by atoms with van der Waals surface area (Å²) in [4.78, 5) is 5.11. The lowest BCUT2D eigenvalue weighted by Gasteiger charge is -2.39. The summed E-state index contributed by atoms with van der Waals surface area (Å²) in [7, 11) is 0. The fraction of sp³-hybridized carbons (Fsp3) is 0.647. The number of hydrogen-bond acceptors (Lipinski definition) is 4. The highest BCUT2D eigenvalue weighted by Crippen LogP contribution is 2.28. The molecule has 0 radical (unpaired) electrons. The van der Waals surface area contributed by atoms with Gasteiger partial charge in [0.15, 0.2) is 0 Å². The molecule has 1 saturated carbocycles. The van der Waals surface area contributed by atoms with Crippen LogP contribution in [-0.2, 0) is 0 Å². The Balaban J connectivity index is 1.63. The molecule has 1 saturated heterocycles. The van der Waals surface area contributed by atoms with Crippen molar-refractivity contribution in [1.82, 2.24) is 4.90 Å². The third-order valence-corrected chi connectivity index (χ3v) is 4.75. The molecular weight excluding hydrogens is 262 g/mol. The Morgan fingerprint density at radius 1 is 1.10 bits per heavy atom. The van der Waals surface area contributed by atoms with Crippen LogP contribution in [0.15, 0.2) is 18.2 Å². The number of hydrogen-bond donors (Lipinski definition) is 1. The molecule has 2 fully saturated rings. The molecule has 0 unspecified atom stereocenters. The summed E-state index contributed by atoms with van der Waals surface area (Å²) >= 11 is 0. The Morgan fingerprint density at radius 3 is 2.48 bits per heavy atom. The van der Waals surface area contributed by atoms with E-state index in [4.69, 9.17) is 10.5 Å². The smallest absolute Gasteiger partial charge is 0.123 e. The lowest BCUT2D eigenvalue weighted by atomic mass is 10.1. The van der Waals surface area contributed by atoms with Crippen LogP contribution in [0.25, 0.3) is 0 Å². The molecule has 4 nitrogen and oxygen atoms in total. The van der Waals surface area contributed by atoms with Gasteiger partial charge < -0.3 is 15.4 Å². The van der Waals surface area contributed by atoms with Gasteiger partial charge in [-0.25, -0.2) is 0 Å². The second-order valence-electron chi connectivity index (χ2n) is 6.15. The number of nitrogens with zero attached hydrogens (tertiary/aromatic N) is 2. The second-order valence-corrected chi connectivity index (χ2v) is 6.15. The van der Waals surface area contributed by atoms with Gasteiger partial charge in [0, 0.05) is 55.7 Å². The molecule has 2 aliphatic rings. The quantitative estimate of drug-likeness (QED) is 0.865. The Hall–Kier alpha value is -1.42. The van der Waals surface area contributed by atoms with Crippen LogP contribution in [-0.4, -0.2) is 43.7 Å². The molecule has 1 aromatic rings. The highest BCUT2D eigenvalue weighted by atomic mass is 16.5. The average molecular weight is 289 g/mol. The third-order valence-electron chi connectivity index (χ3n) is 4.75. The minimum atomic E-state index is 0.679. The molecule has 2 N–H and O–H groups in total. The predicted molar refractivity (Wildman–Crippen MR) is 88.1 cm³/mol. The zero-order valence-corrected chi connectivity index (χ0v) is 13.1. The van der Waals surface area contributed by atoms with Gasteiger partial charge in [-0.3, -0.25) is 4.90 Å². The SMILES string of the molecule is CCOc1cc(N)cc(N2CCN(C3CCCC3)CC2)c1. The van der Waals surface area contributed by atoms with E-state index in [0.717, 1.165) is 30.6 Å². The predicted octanol–water partition coefficient (Wildman–Crippen LogP) is 2.73. The van der Waals surface area contributed by atoms with E-state index in [1.807, 2.05) is 13.0 Å². The van der Waals surface area contributed by atoms with Gasteiger partial charge in [0.1, 0.15) is 5.75 Å². The van der Waals surface area contributed by atoms with Crippen molar-refractivity contribution in [2.75, 3.05) is 43.4 Å². The lowest BCUT2D eigenvalue weighted by molar-refractivity contribution is 0.187. The summed E-state index contributed by atoms with van der Waals surface area (Å²) in [6, 6.07) is 6.92. The van der Waals surface area contributed by atoms with Gasteiger partial charge in [0.2, 0.25) is 0 Å². The number of benzene rings is 1. The first-order chi connectivity index (χ1) is 10.3. The van der Waals surface area contributed by atoms with Gasteiger partial charge in [-0.15, -0.1) is 0 Å². The number of ether oxygens (including phenoxy) is 1. The number of rotatable bonds is 4. The summed E-state index contributed by atoms with van der Waals surface area (Å²) in [6.45, 7) is 7.20. The van der Waals surface area contributed by atoms with E-state index in [1.54, 1.807) is 0 Å². The van der Waals surface area contributed by atoms with E-state index in [0.29, 0.717) is 6.61 Å². The van der Waals surface area contributed by atoms with Crippen molar-refractivity contribution < 1.29 is 4.74 Å². The van der Waals surface area contributed by atoms with Crippen molar-refractivity contribution in [2.45, 2.75) is 38.6 Å². The Labute approximate surface area is 127 Å². The summed E-state index contributed by atoms with van der Waals surface area (Å²) in [5.74, 6) is 0.880. The fourth-order valence-electron chi connectivity index (χ4n) is 3.65. The van der Waals surface area contributed by atoms with Crippen LogP contribution in [0, 0.1) is 0 Å². The normalized spacial score (nSPS) is 20.9. The van der Waals surface area contributed by atoms with E-state index < -0.39 is 0 Å². The maximum atomic E-state index is 6.01. The van der Waals surface area contributed by atoms with E-state index >= 15 is 0 Å². The van der Waals surface area contributed by atoms with Gasteiger partial charge in [-0.05, 0) is 25.8 Å². The van der Waals surface area contributed by atoms with Crippen molar-refractivity contribution in [3.8, 4) is 5.75 Å². The van der Waals surface area contributed by atoms with Crippen LogP contribution in [0.5, 0.6) is 5.75 Å². The van der Waals surface area contributed by atoms with Crippen molar-refractivity contribution in [2.24, 2.45) is 0 Å². The molecule has 1 heterocycles. The van der Waals surface area contributed by atoms with Crippen molar-refractivity contribution in [3.05, 3.63) is 18.2 Å². The monoisotopic (exact) mass is 289 g/mol. The van der Waals surface area contributed by atoms with Crippen LogP contribution in [0.4, 0.5) is 11.4 Å². The van der Waals surface area contributed by atoms with Crippen molar-refractivity contribution in [1.29, 1.82) is 0 Å². The van der Waals surface area contributed by atoms with E-state index in [-0.39, 0.29) is 0 Å². The first kappa shape index (κ1) is 14.5. The van der Waals surface area contributed by atoms with Crippen LogP contribution < -0.4 is 15.4 Å². The third kappa shape index (κ3) is 3.43. The molecule has 116 valence electrons. The largest absolute Gasteiger partial charge is 0.494 e. The number of anilines is 2. The zero-order chi connectivity index (χ0) is 14.7. The Bertz CT molecular complexity index is 463. The standard InChI is InChI=1S/C17H27N3O/c1-2-21-17-12-14(18)11-16(13-17)20-9-7-19(8-10-20)15-5-3-4-6-15/h11-13,15H,2-10,18H2,1H3. The summed E-state index contributed by atoms with van der Waals surface area (Å²) < 4.78 is 5.60. The molecule has 0 aromatic heterocycles. The minimum Gasteiger partial charge on any atom is -0.494 e. The van der Waals surface area contributed by atoms with Gasteiger partial charge in [0.05, 0.1) is 6.61 Å². The van der Waals surface area contributed by atoms with E-state index in [1.165, 1.54) is 44.5 Å². The van der Waals surface area contributed by atoms with E-state index in [2.05, 4.69) is 21.9 Å².